The molecule has 1 aromatic rings. The standard InChI is InChI=1S/C23H37N3O3/c1-16-14-26(15-17(2)28-16)21-12-10-19(11-13-21)24-18-6-8-20(9-7-18)25-22(27)29-23(3,4)5/h10-13,16-18,20,24H,6-9,14-15H2,1-5H3,(H,25,27). The van der Waals surface area contributed by atoms with E-state index in [0.29, 0.717) is 6.04 Å². The molecule has 0 radical (unpaired) electrons. The predicted octanol–water partition coefficient (Wildman–Crippen LogP) is 4.55. The first-order valence-corrected chi connectivity index (χ1v) is 10.9. The molecule has 1 aromatic carbocycles. The van der Waals surface area contributed by atoms with Crippen LogP contribution in [0.5, 0.6) is 0 Å². The van der Waals surface area contributed by atoms with E-state index in [-0.39, 0.29) is 24.3 Å². The number of anilines is 2. The minimum Gasteiger partial charge on any atom is -0.444 e. The molecule has 2 unspecified atom stereocenters. The molecule has 0 aromatic heterocycles. The molecule has 0 spiro atoms. The molecule has 1 amide bonds. The van der Waals surface area contributed by atoms with Gasteiger partial charge in [0.1, 0.15) is 5.60 Å². The molecule has 1 heterocycles. The summed E-state index contributed by atoms with van der Waals surface area (Å²) in [6, 6.07) is 9.39. The highest BCUT2D eigenvalue weighted by Gasteiger charge is 2.25. The molecular formula is C23H37N3O3. The quantitative estimate of drug-likeness (QED) is 0.772. The van der Waals surface area contributed by atoms with Crippen molar-refractivity contribution < 1.29 is 14.3 Å². The molecule has 2 aliphatic rings. The SMILES string of the molecule is CC1CN(c2ccc(NC3CCC(NC(=O)OC(C)(C)C)CC3)cc2)CC(C)O1. The number of carbonyl (C=O) groups excluding carboxylic acids is 1. The van der Waals surface area contributed by atoms with Crippen molar-refractivity contribution in [1.29, 1.82) is 0 Å². The van der Waals surface area contributed by atoms with Crippen LogP contribution in [-0.4, -0.2) is 49.1 Å². The van der Waals surface area contributed by atoms with Gasteiger partial charge in [0.15, 0.2) is 0 Å². The van der Waals surface area contributed by atoms with Gasteiger partial charge in [-0.15, -0.1) is 0 Å². The second-order valence-corrected chi connectivity index (χ2v) is 9.55. The lowest BCUT2D eigenvalue weighted by Gasteiger charge is -2.37. The minimum absolute atomic E-state index is 0.204. The Kier molecular flexibility index (Phi) is 6.93. The number of alkyl carbamates (subject to hydrolysis) is 1. The third-order valence-electron chi connectivity index (χ3n) is 5.47. The lowest BCUT2D eigenvalue weighted by Crippen LogP contribution is -2.45. The van der Waals surface area contributed by atoms with Crippen molar-refractivity contribution in [2.45, 2.75) is 90.2 Å². The molecule has 2 fully saturated rings. The second kappa shape index (κ2) is 9.24. The number of nitrogens with one attached hydrogen (secondary N) is 2. The van der Waals surface area contributed by atoms with Gasteiger partial charge in [0.05, 0.1) is 12.2 Å². The average Bonchev–Trinajstić information content (AvgIpc) is 2.61. The minimum atomic E-state index is -0.452. The Morgan fingerprint density at radius 1 is 1.00 bits per heavy atom. The largest absolute Gasteiger partial charge is 0.444 e. The van der Waals surface area contributed by atoms with E-state index in [9.17, 15) is 4.79 Å². The van der Waals surface area contributed by atoms with E-state index in [0.717, 1.165) is 44.5 Å². The predicted molar refractivity (Wildman–Crippen MR) is 118 cm³/mol. The van der Waals surface area contributed by atoms with Crippen LogP contribution in [0, 0.1) is 0 Å². The van der Waals surface area contributed by atoms with Gasteiger partial charge in [0, 0.05) is 36.5 Å². The van der Waals surface area contributed by atoms with Crippen LogP contribution in [0.2, 0.25) is 0 Å². The van der Waals surface area contributed by atoms with Gasteiger partial charge in [-0.05, 0) is 84.6 Å². The van der Waals surface area contributed by atoms with Crippen molar-refractivity contribution in [2.24, 2.45) is 0 Å². The van der Waals surface area contributed by atoms with E-state index in [2.05, 4.69) is 53.6 Å². The molecule has 6 heteroatoms. The van der Waals surface area contributed by atoms with Crippen LogP contribution < -0.4 is 15.5 Å². The maximum atomic E-state index is 11.9. The summed E-state index contributed by atoms with van der Waals surface area (Å²) in [6.07, 6.45) is 4.25. The molecule has 1 aliphatic heterocycles. The highest BCUT2D eigenvalue weighted by molar-refractivity contribution is 5.68. The van der Waals surface area contributed by atoms with E-state index in [1.807, 2.05) is 20.8 Å². The summed E-state index contributed by atoms with van der Waals surface area (Å²) in [5.41, 5.74) is 1.96. The summed E-state index contributed by atoms with van der Waals surface area (Å²) in [5.74, 6) is 0. The van der Waals surface area contributed by atoms with Gasteiger partial charge in [0.25, 0.3) is 0 Å². The Morgan fingerprint density at radius 3 is 2.10 bits per heavy atom. The Labute approximate surface area is 175 Å². The Hall–Kier alpha value is -1.95. The normalized spacial score (nSPS) is 28.0. The number of benzene rings is 1. The molecule has 3 rings (SSSR count). The Bertz CT molecular complexity index is 653. The zero-order valence-corrected chi connectivity index (χ0v) is 18.5. The molecule has 2 N–H and O–H groups in total. The molecular weight excluding hydrogens is 366 g/mol. The van der Waals surface area contributed by atoms with Gasteiger partial charge in [-0.2, -0.15) is 0 Å². The van der Waals surface area contributed by atoms with Gasteiger partial charge in [-0.1, -0.05) is 0 Å². The first-order chi connectivity index (χ1) is 13.7. The Balaban J connectivity index is 1.44. The van der Waals surface area contributed by atoms with Crippen LogP contribution in [0.15, 0.2) is 24.3 Å². The fourth-order valence-electron chi connectivity index (χ4n) is 4.25. The van der Waals surface area contributed by atoms with Crippen molar-refractivity contribution in [3.8, 4) is 0 Å². The monoisotopic (exact) mass is 403 g/mol. The number of carbonyl (C=O) groups is 1. The van der Waals surface area contributed by atoms with Crippen molar-refractivity contribution in [3.63, 3.8) is 0 Å². The summed E-state index contributed by atoms with van der Waals surface area (Å²) >= 11 is 0. The van der Waals surface area contributed by atoms with E-state index in [4.69, 9.17) is 9.47 Å². The summed E-state index contributed by atoms with van der Waals surface area (Å²) in [4.78, 5) is 14.3. The topological polar surface area (TPSA) is 62.8 Å². The molecule has 162 valence electrons. The van der Waals surface area contributed by atoms with Crippen LogP contribution in [0.3, 0.4) is 0 Å². The van der Waals surface area contributed by atoms with E-state index in [1.54, 1.807) is 0 Å². The van der Waals surface area contributed by atoms with Gasteiger partial charge in [-0.3, -0.25) is 0 Å². The van der Waals surface area contributed by atoms with Crippen molar-refractivity contribution >= 4 is 17.5 Å². The zero-order chi connectivity index (χ0) is 21.0. The molecule has 1 saturated carbocycles. The number of nitrogens with zero attached hydrogens (tertiary/aromatic N) is 1. The van der Waals surface area contributed by atoms with Crippen LogP contribution in [-0.2, 0) is 9.47 Å². The number of ether oxygens (including phenoxy) is 2. The van der Waals surface area contributed by atoms with Crippen molar-refractivity contribution in [1.82, 2.24) is 5.32 Å². The maximum Gasteiger partial charge on any atom is 0.407 e. The molecule has 29 heavy (non-hydrogen) atoms. The highest BCUT2D eigenvalue weighted by Crippen LogP contribution is 2.26. The molecule has 6 nitrogen and oxygen atoms in total. The lowest BCUT2D eigenvalue weighted by molar-refractivity contribution is -0.00522. The summed E-state index contributed by atoms with van der Waals surface area (Å²) in [5, 5.41) is 6.66. The van der Waals surface area contributed by atoms with Gasteiger partial charge in [0.2, 0.25) is 0 Å². The first kappa shape index (κ1) is 21.8. The number of rotatable bonds is 4. The van der Waals surface area contributed by atoms with Gasteiger partial charge in [-0.25, -0.2) is 4.79 Å². The van der Waals surface area contributed by atoms with Crippen molar-refractivity contribution in [3.05, 3.63) is 24.3 Å². The third kappa shape index (κ3) is 6.81. The van der Waals surface area contributed by atoms with Crippen LogP contribution in [0.1, 0.15) is 60.3 Å². The van der Waals surface area contributed by atoms with Crippen LogP contribution in [0.4, 0.5) is 16.2 Å². The van der Waals surface area contributed by atoms with E-state index < -0.39 is 5.60 Å². The van der Waals surface area contributed by atoms with Crippen LogP contribution in [0.25, 0.3) is 0 Å². The van der Waals surface area contributed by atoms with E-state index >= 15 is 0 Å². The molecule has 0 bridgehead atoms. The maximum absolute atomic E-state index is 11.9. The third-order valence-corrected chi connectivity index (χ3v) is 5.47. The number of amides is 1. The number of hydrogen-bond donors (Lipinski definition) is 2. The number of morpholine rings is 1. The molecule has 1 aliphatic carbocycles. The van der Waals surface area contributed by atoms with Crippen molar-refractivity contribution in [2.75, 3.05) is 23.3 Å². The fraction of sp³-hybridized carbons (Fsp3) is 0.696. The summed E-state index contributed by atoms with van der Waals surface area (Å²) in [7, 11) is 0. The lowest BCUT2D eigenvalue weighted by atomic mass is 9.91. The first-order valence-electron chi connectivity index (χ1n) is 10.9. The molecule has 1 saturated heterocycles. The Morgan fingerprint density at radius 2 is 1.55 bits per heavy atom. The molecule has 2 atom stereocenters. The van der Waals surface area contributed by atoms with E-state index in [1.165, 1.54) is 5.69 Å². The highest BCUT2D eigenvalue weighted by atomic mass is 16.6. The zero-order valence-electron chi connectivity index (χ0n) is 18.5. The summed E-state index contributed by atoms with van der Waals surface area (Å²) < 4.78 is 11.2. The average molecular weight is 404 g/mol. The second-order valence-electron chi connectivity index (χ2n) is 9.55. The summed E-state index contributed by atoms with van der Waals surface area (Å²) in [6.45, 7) is 11.8. The number of hydrogen-bond acceptors (Lipinski definition) is 5. The fourth-order valence-corrected chi connectivity index (χ4v) is 4.25. The van der Waals surface area contributed by atoms with Gasteiger partial charge >= 0.3 is 6.09 Å². The smallest absolute Gasteiger partial charge is 0.407 e. The van der Waals surface area contributed by atoms with Crippen LogP contribution >= 0.6 is 0 Å². The van der Waals surface area contributed by atoms with Gasteiger partial charge < -0.3 is 25.0 Å².